The molecule has 2 unspecified atom stereocenters. The van der Waals surface area contributed by atoms with Crippen molar-refractivity contribution in [1.29, 1.82) is 0 Å². The van der Waals surface area contributed by atoms with Crippen LogP contribution in [0.15, 0.2) is 28.7 Å². The van der Waals surface area contributed by atoms with Crippen LogP contribution in [0, 0.1) is 13.8 Å². The van der Waals surface area contributed by atoms with Gasteiger partial charge in [-0.05, 0) is 51.8 Å². The highest BCUT2D eigenvalue weighted by Crippen LogP contribution is 2.25. The van der Waals surface area contributed by atoms with Crippen LogP contribution < -0.4 is 5.32 Å². The summed E-state index contributed by atoms with van der Waals surface area (Å²) in [5.41, 5.74) is 2.51. The highest BCUT2D eigenvalue weighted by molar-refractivity contribution is 9.10. The van der Waals surface area contributed by atoms with Gasteiger partial charge in [0, 0.05) is 21.4 Å². The van der Waals surface area contributed by atoms with E-state index in [1.807, 2.05) is 0 Å². The Labute approximate surface area is 133 Å². The molecule has 2 nitrogen and oxygen atoms in total. The van der Waals surface area contributed by atoms with E-state index in [-0.39, 0.29) is 0 Å². The Hall–Kier alpha value is -0.710. The van der Waals surface area contributed by atoms with Crippen LogP contribution in [0.1, 0.15) is 41.0 Å². The number of hydrogen-bond acceptors (Lipinski definition) is 3. The highest BCUT2D eigenvalue weighted by Gasteiger charge is 2.15. The first kappa shape index (κ1) is 15.7. The molecule has 1 heterocycles. The molecule has 0 spiro atoms. The average molecular weight is 353 g/mol. The van der Waals surface area contributed by atoms with Crippen molar-refractivity contribution in [2.45, 2.75) is 46.2 Å². The molecule has 0 bridgehead atoms. The lowest BCUT2D eigenvalue weighted by Gasteiger charge is -2.19. The van der Waals surface area contributed by atoms with Gasteiger partial charge in [-0.25, -0.2) is 4.98 Å². The Balaban J connectivity index is 1.95. The summed E-state index contributed by atoms with van der Waals surface area (Å²) < 4.78 is 1.13. The van der Waals surface area contributed by atoms with Crippen LogP contribution in [-0.2, 0) is 6.42 Å². The molecular formula is C16H21BrN2S. The average Bonchev–Trinajstić information content (AvgIpc) is 2.71. The fourth-order valence-corrected chi connectivity index (χ4v) is 3.69. The van der Waals surface area contributed by atoms with Gasteiger partial charge in [0.15, 0.2) is 0 Å². The summed E-state index contributed by atoms with van der Waals surface area (Å²) in [7, 11) is 0. The topological polar surface area (TPSA) is 24.9 Å². The van der Waals surface area contributed by atoms with Gasteiger partial charge in [-0.2, -0.15) is 0 Å². The zero-order valence-corrected chi connectivity index (χ0v) is 14.8. The van der Waals surface area contributed by atoms with Crippen LogP contribution in [-0.4, -0.2) is 11.0 Å². The number of halogens is 1. The Kier molecular flexibility index (Phi) is 5.35. The molecule has 2 rings (SSSR count). The molecule has 0 saturated heterocycles. The standard InChI is InChI=1S/C16H21BrN2S/c1-10(9-14-5-7-15(17)8-6-14)18-11(2)16-12(3)19-13(4)20-16/h5-8,10-11,18H,9H2,1-4H3. The van der Waals surface area contributed by atoms with Crippen molar-refractivity contribution >= 4 is 27.3 Å². The summed E-state index contributed by atoms with van der Waals surface area (Å²) in [5, 5.41) is 4.82. The second kappa shape index (κ2) is 6.83. The minimum atomic E-state index is 0.353. The van der Waals surface area contributed by atoms with E-state index in [9.17, 15) is 0 Å². The molecule has 108 valence electrons. The quantitative estimate of drug-likeness (QED) is 0.835. The first-order valence-electron chi connectivity index (χ1n) is 6.90. The zero-order chi connectivity index (χ0) is 14.7. The number of thiazole rings is 1. The summed E-state index contributed by atoms with van der Waals surface area (Å²) >= 11 is 5.26. The number of rotatable bonds is 5. The maximum absolute atomic E-state index is 4.51. The lowest BCUT2D eigenvalue weighted by molar-refractivity contribution is 0.480. The lowest BCUT2D eigenvalue weighted by Crippen LogP contribution is -2.30. The zero-order valence-electron chi connectivity index (χ0n) is 12.4. The van der Waals surface area contributed by atoms with E-state index < -0.39 is 0 Å². The number of aromatic nitrogens is 1. The van der Waals surface area contributed by atoms with Crippen LogP contribution in [0.5, 0.6) is 0 Å². The van der Waals surface area contributed by atoms with Crippen molar-refractivity contribution in [3.05, 3.63) is 49.9 Å². The minimum Gasteiger partial charge on any atom is -0.307 e. The third kappa shape index (κ3) is 4.14. The molecule has 0 saturated carbocycles. The molecule has 0 aliphatic rings. The second-order valence-corrected chi connectivity index (χ2v) is 7.45. The van der Waals surface area contributed by atoms with Gasteiger partial charge >= 0.3 is 0 Å². The summed E-state index contributed by atoms with van der Waals surface area (Å²) in [6.45, 7) is 8.62. The molecule has 1 aromatic carbocycles. The largest absolute Gasteiger partial charge is 0.307 e. The van der Waals surface area contributed by atoms with Gasteiger partial charge in [0.1, 0.15) is 0 Å². The van der Waals surface area contributed by atoms with E-state index in [1.54, 1.807) is 11.3 Å². The van der Waals surface area contributed by atoms with Crippen molar-refractivity contribution in [1.82, 2.24) is 10.3 Å². The smallest absolute Gasteiger partial charge is 0.0900 e. The van der Waals surface area contributed by atoms with E-state index in [4.69, 9.17) is 0 Å². The molecule has 0 aliphatic heterocycles. The van der Waals surface area contributed by atoms with Crippen molar-refractivity contribution in [3.8, 4) is 0 Å². The highest BCUT2D eigenvalue weighted by atomic mass is 79.9. The Morgan fingerprint density at radius 1 is 1.20 bits per heavy atom. The predicted molar refractivity (Wildman–Crippen MR) is 90.4 cm³/mol. The summed E-state index contributed by atoms with van der Waals surface area (Å²) in [4.78, 5) is 5.86. The van der Waals surface area contributed by atoms with Gasteiger partial charge in [-0.1, -0.05) is 28.1 Å². The monoisotopic (exact) mass is 352 g/mol. The SMILES string of the molecule is Cc1nc(C)c(C(C)NC(C)Cc2ccc(Br)cc2)s1. The first-order valence-corrected chi connectivity index (χ1v) is 8.51. The van der Waals surface area contributed by atoms with E-state index in [1.165, 1.54) is 10.4 Å². The second-order valence-electron chi connectivity index (χ2n) is 5.30. The van der Waals surface area contributed by atoms with Crippen LogP contribution in [0.3, 0.4) is 0 Å². The number of nitrogens with one attached hydrogen (secondary N) is 1. The van der Waals surface area contributed by atoms with Crippen molar-refractivity contribution in [2.24, 2.45) is 0 Å². The van der Waals surface area contributed by atoms with E-state index >= 15 is 0 Å². The molecule has 1 aromatic heterocycles. The number of aryl methyl sites for hydroxylation is 2. The van der Waals surface area contributed by atoms with Crippen LogP contribution >= 0.6 is 27.3 Å². The van der Waals surface area contributed by atoms with E-state index in [0.717, 1.165) is 21.6 Å². The molecule has 2 atom stereocenters. The first-order chi connectivity index (χ1) is 9.45. The van der Waals surface area contributed by atoms with Gasteiger partial charge in [0.25, 0.3) is 0 Å². The molecule has 0 aliphatic carbocycles. The van der Waals surface area contributed by atoms with Gasteiger partial charge in [0.05, 0.1) is 10.7 Å². The summed E-state index contributed by atoms with van der Waals surface area (Å²) in [5.74, 6) is 0. The van der Waals surface area contributed by atoms with Gasteiger partial charge < -0.3 is 5.32 Å². The lowest BCUT2D eigenvalue weighted by atomic mass is 10.1. The Morgan fingerprint density at radius 3 is 2.40 bits per heavy atom. The van der Waals surface area contributed by atoms with Crippen molar-refractivity contribution in [2.75, 3.05) is 0 Å². The molecule has 2 aromatic rings. The molecule has 20 heavy (non-hydrogen) atoms. The molecule has 0 radical (unpaired) electrons. The van der Waals surface area contributed by atoms with Crippen molar-refractivity contribution in [3.63, 3.8) is 0 Å². The molecule has 0 fully saturated rings. The minimum absolute atomic E-state index is 0.353. The maximum Gasteiger partial charge on any atom is 0.0900 e. The Morgan fingerprint density at radius 2 is 1.85 bits per heavy atom. The van der Waals surface area contributed by atoms with E-state index in [0.29, 0.717) is 12.1 Å². The normalized spacial score (nSPS) is 14.2. The summed E-state index contributed by atoms with van der Waals surface area (Å²) in [6.07, 6.45) is 1.04. The number of hydrogen-bond donors (Lipinski definition) is 1. The third-order valence-corrected chi connectivity index (χ3v) is 5.11. The Bertz CT molecular complexity index is 562. The van der Waals surface area contributed by atoms with Gasteiger partial charge in [0.2, 0.25) is 0 Å². The maximum atomic E-state index is 4.51. The predicted octanol–water partition coefficient (Wildman–Crippen LogP) is 4.80. The number of nitrogens with zero attached hydrogens (tertiary/aromatic N) is 1. The third-order valence-electron chi connectivity index (χ3n) is 3.32. The summed E-state index contributed by atoms with van der Waals surface area (Å²) in [6, 6.07) is 9.34. The van der Waals surface area contributed by atoms with Crippen LogP contribution in [0.2, 0.25) is 0 Å². The van der Waals surface area contributed by atoms with E-state index in [2.05, 4.69) is 78.2 Å². The molecule has 1 N–H and O–H groups in total. The molecular weight excluding hydrogens is 332 g/mol. The molecule has 0 amide bonds. The van der Waals surface area contributed by atoms with Gasteiger partial charge in [-0.3, -0.25) is 0 Å². The fourth-order valence-electron chi connectivity index (χ4n) is 2.48. The van der Waals surface area contributed by atoms with Crippen LogP contribution in [0.25, 0.3) is 0 Å². The van der Waals surface area contributed by atoms with Crippen LogP contribution in [0.4, 0.5) is 0 Å². The van der Waals surface area contributed by atoms with Gasteiger partial charge in [-0.15, -0.1) is 11.3 Å². The number of benzene rings is 1. The van der Waals surface area contributed by atoms with Crippen molar-refractivity contribution < 1.29 is 0 Å². The molecule has 4 heteroatoms. The fraction of sp³-hybridized carbons (Fsp3) is 0.438.